The standard InChI is InChI=1S/C15H27N3O/c19-14(17-13-5-1-2-6-13)18-10-4-8-15(12-18)7-3-9-16-11-15/h13,16H,1-12H2,(H,17,19). The van der Waals surface area contributed by atoms with E-state index in [-0.39, 0.29) is 6.03 Å². The molecule has 3 rings (SSSR count). The van der Waals surface area contributed by atoms with Crippen molar-refractivity contribution in [3.05, 3.63) is 0 Å². The lowest BCUT2D eigenvalue weighted by Crippen LogP contribution is -2.55. The first-order chi connectivity index (χ1) is 9.27. The molecular weight excluding hydrogens is 238 g/mol. The fraction of sp³-hybridized carbons (Fsp3) is 0.933. The Hall–Kier alpha value is -0.770. The molecule has 1 spiro atoms. The number of rotatable bonds is 1. The summed E-state index contributed by atoms with van der Waals surface area (Å²) in [6.07, 6.45) is 9.90. The zero-order valence-electron chi connectivity index (χ0n) is 11.9. The monoisotopic (exact) mass is 265 g/mol. The second kappa shape index (κ2) is 5.70. The third-order valence-electron chi connectivity index (χ3n) is 5.19. The van der Waals surface area contributed by atoms with Crippen LogP contribution in [0.3, 0.4) is 0 Å². The van der Waals surface area contributed by atoms with Gasteiger partial charge >= 0.3 is 6.03 Å². The van der Waals surface area contributed by atoms with Gasteiger partial charge in [-0.2, -0.15) is 0 Å². The second-order valence-corrected chi connectivity index (χ2v) is 6.74. The highest BCUT2D eigenvalue weighted by atomic mass is 16.2. The van der Waals surface area contributed by atoms with Crippen molar-refractivity contribution in [1.82, 2.24) is 15.5 Å². The van der Waals surface area contributed by atoms with Crippen LogP contribution in [-0.2, 0) is 0 Å². The number of hydrogen-bond acceptors (Lipinski definition) is 2. The first-order valence-corrected chi connectivity index (χ1v) is 8.04. The van der Waals surface area contributed by atoms with Gasteiger partial charge in [-0.1, -0.05) is 12.8 Å². The molecule has 3 aliphatic rings. The van der Waals surface area contributed by atoms with Crippen LogP contribution in [0.15, 0.2) is 0 Å². The van der Waals surface area contributed by atoms with E-state index in [4.69, 9.17) is 0 Å². The number of likely N-dealkylation sites (tertiary alicyclic amines) is 1. The SMILES string of the molecule is O=C(NC1CCCC1)N1CCCC2(CCCNC2)C1. The summed E-state index contributed by atoms with van der Waals surface area (Å²) in [6, 6.07) is 0.631. The van der Waals surface area contributed by atoms with E-state index in [1.165, 1.54) is 51.4 Å². The maximum Gasteiger partial charge on any atom is 0.317 e. The molecule has 0 bridgehead atoms. The summed E-state index contributed by atoms with van der Waals surface area (Å²) >= 11 is 0. The van der Waals surface area contributed by atoms with Crippen LogP contribution in [-0.4, -0.2) is 43.2 Å². The fourth-order valence-corrected chi connectivity index (χ4v) is 4.10. The zero-order valence-corrected chi connectivity index (χ0v) is 11.9. The van der Waals surface area contributed by atoms with Crippen LogP contribution in [0.1, 0.15) is 51.4 Å². The molecule has 0 aromatic heterocycles. The van der Waals surface area contributed by atoms with Crippen LogP contribution in [0.2, 0.25) is 0 Å². The van der Waals surface area contributed by atoms with E-state index in [2.05, 4.69) is 15.5 Å². The Morgan fingerprint density at radius 3 is 2.68 bits per heavy atom. The van der Waals surface area contributed by atoms with Gasteiger partial charge in [0.1, 0.15) is 0 Å². The summed E-state index contributed by atoms with van der Waals surface area (Å²) in [5.41, 5.74) is 0.365. The predicted molar refractivity (Wildman–Crippen MR) is 76.1 cm³/mol. The molecule has 2 amide bonds. The summed E-state index contributed by atoms with van der Waals surface area (Å²) in [5, 5.41) is 6.76. The molecule has 2 heterocycles. The van der Waals surface area contributed by atoms with E-state index in [1.54, 1.807) is 0 Å². The smallest absolute Gasteiger partial charge is 0.317 e. The van der Waals surface area contributed by atoms with Gasteiger partial charge in [0.25, 0.3) is 0 Å². The number of piperidine rings is 2. The molecular formula is C15H27N3O. The summed E-state index contributed by atoms with van der Waals surface area (Å²) in [5.74, 6) is 0. The minimum absolute atomic E-state index is 0.191. The van der Waals surface area contributed by atoms with Crippen molar-refractivity contribution < 1.29 is 4.79 Å². The van der Waals surface area contributed by atoms with Crippen LogP contribution in [0.4, 0.5) is 4.79 Å². The van der Waals surface area contributed by atoms with Crippen LogP contribution in [0, 0.1) is 5.41 Å². The van der Waals surface area contributed by atoms with Crippen molar-refractivity contribution in [3.8, 4) is 0 Å². The van der Waals surface area contributed by atoms with Gasteiger partial charge in [-0.3, -0.25) is 0 Å². The van der Waals surface area contributed by atoms with Gasteiger partial charge in [-0.05, 0) is 45.1 Å². The molecule has 0 radical (unpaired) electrons. The van der Waals surface area contributed by atoms with E-state index < -0.39 is 0 Å². The Morgan fingerprint density at radius 1 is 1.16 bits per heavy atom. The van der Waals surface area contributed by atoms with E-state index in [9.17, 15) is 4.79 Å². The third-order valence-corrected chi connectivity index (χ3v) is 5.19. The second-order valence-electron chi connectivity index (χ2n) is 6.74. The molecule has 1 aliphatic carbocycles. The van der Waals surface area contributed by atoms with E-state index >= 15 is 0 Å². The molecule has 0 aromatic rings. The van der Waals surface area contributed by atoms with Crippen molar-refractivity contribution in [2.24, 2.45) is 5.41 Å². The van der Waals surface area contributed by atoms with Gasteiger partial charge in [0.05, 0.1) is 0 Å². The van der Waals surface area contributed by atoms with Gasteiger partial charge in [0, 0.05) is 31.1 Å². The van der Waals surface area contributed by atoms with Crippen molar-refractivity contribution in [1.29, 1.82) is 0 Å². The molecule has 0 aromatic carbocycles. The van der Waals surface area contributed by atoms with Gasteiger partial charge in [-0.15, -0.1) is 0 Å². The maximum atomic E-state index is 12.4. The summed E-state index contributed by atoms with van der Waals surface area (Å²) in [4.78, 5) is 14.5. The predicted octanol–water partition coefficient (Wildman–Crippen LogP) is 2.10. The van der Waals surface area contributed by atoms with E-state index in [0.717, 1.165) is 26.2 Å². The Labute approximate surface area is 116 Å². The highest BCUT2D eigenvalue weighted by molar-refractivity contribution is 5.74. The Balaban J connectivity index is 1.56. The molecule has 2 aliphatic heterocycles. The summed E-state index contributed by atoms with van der Waals surface area (Å²) < 4.78 is 0. The van der Waals surface area contributed by atoms with Gasteiger partial charge in [0.15, 0.2) is 0 Å². The summed E-state index contributed by atoms with van der Waals surface area (Å²) in [7, 11) is 0. The molecule has 1 atom stereocenters. The number of carbonyl (C=O) groups excluding carboxylic acids is 1. The average molecular weight is 265 g/mol. The first-order valence-electron chi connectivity index (χ1n) is 8.04. The lowest BCUT2D eigenvalue weighted by molar-refractivity contribution is 0.0803. The van der Waals surface area contributed by atoms with Crippen LogP contribution < -0.4 is 10.6 Å². The first kappa shape index (κ1) is 13.2. The maximum absolute atomic E-state index is 12.4. The summed E-state index contributed by atoms with van der Waals surface area (Å²) in [6.45, 7) is 4.15. The third kappa shape index (κ3) is 3.04. The van der Waals surface area contributed by atoms with Crippen molar-refractivity contribution in [3.63, 3.8) is 0 Å². The molecule has 108 valence electrons. The number of hydrogen-bond donors (Lipinski definition) is 2. The molecule has 2 saturated heterocycles. The molecule has 1 unspecified atom stereocenters. The zero-order chi connectivity index (χ0) is 13.1. The molecule has 3 fully saturated rings. The fourth-order valence-electron chi connectivity index (χ4n) is 4.10. The molecule has 4 heteroatoms. The van der Waals surface area contributed by atoms with Gasteiger partial charge < -0.3 is 15.5 Å². The van der Waals surface area contributed by atoms with Crippen molar-refractivity contribution in [2.75, 3.05) is 26.2 Å². The quantitative estimate of drug-likeness (QED) is 0.762. The molecule has 1 saturated carbocycles. The highest BCUT2D eigenvalue weighted by Gasteiger charge is 2.38. The molecule has 4 nitrogen and oxygen atoms in total. The number of carbonyl (C=O) groups is 1. The van der Waals surface area contributed by atoms with Crippen LogP contribution in [0.25, 0.3) is 0 Å². The molecule has 19 heavy (non-hydrogen) atoms. The average Bonchev–Trinajstić information content (AvgIpc) is 2.92. The minimum atomic E-state index is 0.191. The van der Waals surface area contributed by atoms with Crippen molar-refractivity contribution in [2.45, 2.75) is 57.4 Å². The van der Waals surface area contributed by atoms with E-state index in [0.29, 0.717) is 11.5 Å². The van der Waals surface area contributed by atoms with Gasteiger partial charge in [-0.25, -0.2) is 4.79 Å². The topological polar surface area (TPSA) is 44.4 Å². The molecule has 2 N–H and O–H groups in total. The number of amides is 2. The van der Waals surface area contributed by atoms with Crippen LogP contribution in [0.5, 0.6) is 0 Å². The largest absolute Gasteiger partial charge is 0.335 e. The highest BCUT2D eigenvalue weighted by Crippen LogP contribution is 2.35. The number of urea groups is 1. The van der Waals surface area contributed by atoms with Gasteiger partial charge in [0.2, 0.25) is 0 Å². The van der Waals surface area contributed by atoms with Crippen molar-refractivity contribution >= 4 is 6.03 Å². The minimum Gasteiger partial charge on any atom is -0.335 e. The lowest BCUT2D eigenvalue weighted by atomic mass is 9.74. The number of nitrogens with zero attached hydrogens (tertiary/aromatic N) is 1. The van der Waals surface area contributed by atoms with Crippen LogP contribution >= 0.6 is 0 Å². The Morgan fingerprint density at radius 2 is 1.95 bits per heavy atom. The Bertz CT molecular complexity index is 314. The normalized spacial score (nSPS) is 32.7. The Kier molecular flexibility index (Phi) is 3.96. The van der Waals surface area contributed by atoms with E-state index in [1.807, 2.05) is 0 Å². The number of nitrogens with one attached hydrogen (secondary N) is 2. The lowest BCUT2D eigenvalue weighted by Gasteiger charge is -2.45.